The highest BCUT2D eigenvalue weighted by Crippen LogP contribution is 2.48. The molecule has 0 radical (unpaired) electrons. The number of piperidine rings is 1. The molecular formula is C40H71NO12. The van der Waals surface area contributed by atoms with Gasteiger partial charge in [0, 0.05) is 31.4 Å². The van der Waals surface area contributed by atoms with Gasteiger partial charge >= 0.3 is 5.97 Å². The van der Waals surface area contributed by atoms with Crippen LogP contribution >= 0.6 is 0 Å². The van der Waals surface area contributed by atoms with Crippen molar-refractivity contribution in [1.82, 2.24) is 4.90 Å². The van der Waals surface area contributed by atoms with Crippen molar-refractivity contribution in [1.29, 1.82) is 0 Å². The van der Waals surface area contributed by atoms with E-state index in [-0.39, 0.29) is 30.9 Å². The maximum atomic E-state index is 14.4. The zero-order valence-corrected chi connectivity index (χ0v) is 34.1. The Morgan fingerprint density at radius 1 is 0.981 bits per heavy atom. The third-order valence-corrected chi connectivity index (χ3v) is 13.6. The second-order valence-corrected chi connectivity index (χ2v) is 17.9. The zero-order chi connectivity index (χ0) is 39.2. The van der Waals surface area contributed by atoms with Gasteiger partial charge in [0.2, 0.25) is 0 Å². The molecule has 5 rings (SSSR count). The number of carbonyl (C=O) groups is 1. The molecule has 5 aliphatic heterocycles. The molecule has 5 fully saturated rings. The van der Waals surface area contributed by atoms with E-state index in [0.29, 0.717) is 12.8 Å². The van der Waals surface area contributed by atoms with Gasteiger partial charge in [-0.3, -0.25) is 9.69 Å². The van der Waals surface area contributed by atoms with E-state index in [1.807, 2.05) is 27.7 Å². The van der Waals surface area contributed by atoms with Crippen LogP contribution in [0.25, 0.3) is 0 Å². The number of cyclic esters (lactones) is 1. The van der Waals surface area contributed by atoms with E-state index in [1.165, 1.54) is 13.3 Å². The highest BCUT2D eigenvalue weighted by molar-refractivity contribution is 5.73. The van der Waals surface area contributed by atoms with Gasteiger partial charge in [-0.05, 0) is 92.7 Å². The Labute approximate surface area is 317 Å². The van der Waals surface area contributed by atoms with Crippen LogP contribution in [0.1, 0.15) is 114 Å². The fourth-order valence-electron chi connectivity index (χ4n) is 10.3. The lowest BCUT2D eigenvalue weighted by atomic mass is 9.76. The highest BCUT2D eigenvalue weighted by Gasteiger charge is 2.59. The number of methoxy groups -OCH3 is 1. The Balaban J connectivity index is 1.57. The minimum absolute atomic E-state index is 0.0519. The van der Waals surface area contributed by atoms with Crippen molar-refractivity contribution in [2.75, 3.05) is 20.2 Å². The van der Waals surface area contributed by atoms with Gasteiger partial charge in [0.05, 0.1) is 53.7 Å². The molecule has 4 N–H and O–H groups in total. The molecule has 0 aromatic rings. The lowest BCUT2D eigenvalue weighted by Gasteiger charge is -2.49. The Morgan fingerprint density at radius 2 is 1.64 bits per heavy atom. The maximum absolute atomic E-state index is 14.4. The quantitative estimate of drug-likeness (QED) is 0.253. The molecule has 0 saturated carbocycles. The van der Waals surface area contributed by atoms with E-state index in [1.54, 1.807) is 34.8 Å². The van der Waals surface area contributed by atoms with Crippen molar-refractivity contribution in [2.24, 2.45) is 23.7 Å². The molecule has 19 atom stereocenters. The second-order valence-electron chi connectivity index (χ2n) is 17.9. The lowest BCUT2D eigenvalue weighted by molar-refractivity contribution is -0.319. The van der Waals surface area contributed by atoms with Crippen LogP contribution < -0.4 is 0 Å². The molecular weight excluding hydrogens is 686 g/mol. The Morgan fingerprint density at radius 3 is 2.26 bits per heavy atom. The van der Waals surface area contributed by atoms with Crippen LogP contribution in [-0.2, 0) is 38.0 Å². The summed E-state index contributed by atoms with van der Waals surface area (Å²) in [6, 6.07) is -0.129. The number of aliphatic hydroxyl groups is 4. The number of fused-ring (bicyclic) bond motifs is 2. The average molecular weight is 758 g/mol. The van der Waals surface area contributed by atoms with E-state index >= 15 is 0 Å². The molecule has 0 spiro atoms. The average Bonchev–Trinajstić information content (AvgIpc) is 3.44. The van der Waals surface area contributed by atoms with Crippen molar-refractivity contribution < 1.29 is 58.4 Å². The molecule has 2 bridgehead atoms. The fourth-order valence-corrected chi connectivity index (χ4v) is 10.3. The number of hydrogen-bond donors (Lipinski definition) is 4. The number of esters is 1. The second kappa shape index (κ2) is 16.9. The van der Waals surface area contributed by atoms with Crippen LogP contribution in [0.5, 0.6) is 0 Å². The molecule has 53 heavy (non-hydrogen) atoms. The van der Waals surface area contributed by atoms with Crippen molar-refractivity contribution in [2.45, 2.75) is 205 Å². The number of ether oxygens (including phenoxy) is 7. The van der Waals surface area contributed by atoms with Gasteiger partial charge in [0.1, 0.15) is 23.9 Å². The first kappa shape index (κ1) is 43.2. The molecule has 308 valence electrons. The fraction of sp³-hybridized carbons (Fsp3) is 0.975. The van der Waals surface area contributed by atoms with Crippen LogP contribution in [0.15, 0.2) is 0 Å². The first-order chi connectivity index (χ1) is 24.8. The Hall–Kier alpha value is -0.970. The van der Waals surface area contributed by atoms with Crippen molar-refractivity contribution in [3.63, 3.8) is 0 Å². The SMILES string of the molecule is CC[C@@H](O)[C@@](C)(O)[C@@H]1OC(=O)[C@H](C)[C@@H](O[C@H]2CC(C)(OC)[C@@H](O)C(C)O2)[C@H](C)[C@@H](O[C@@H]2OC(C)CC(N3CCCCC3)C2O)C2(C)CC(C)C(O2)[C@@H]1C. The van der Waals surface area contributed by atoms with Crippen molar-refractivity contribution >= 4 is 5.97 Å². The van der Waals surface area contributed by atoms with Crippen molar-refractivity contribution in [3.8, 4) is 0 Å². The summed E-state index contributed by atoms with van der Waals surface area (Å²) >= 11 is 0. The minimum Gasteiger partial charge on any atom is -0.459 e. The predicted octanol–water partition coefficient (Wildman–Crippen LogP) is 3.55. The summed E-state index contributed by atoms with van der Waals surface area (Å²) < 4.78 is 45.6. The summed E-state index contributed by atoms with van der Waals surface area (Å²) in [6.45, 7) is 20.4. The first-order valence-corrected chi connectivity index (χ1v) is 20.3. The van der Waals surface area contributed by atoms with E-state index in [2.05, 4.69) is 11.8 Å². The molecule has 8 unspecified atom stereocenters. The topological polar surface area (TPSA) is 166 Å². The molecule has 13 heteroatoms. The molecule has 5 heterocycles. The van der Waals surface area contributed by atoms with Gasteiger partial charge < -0.3 is 53.6 Å². The third kappa shape index (κ3) is 8.66. The predicted molar refractivity (Wildman–Crippen MR) is 196 cm³/mol. The Bertz CT molecular complexity index is 1220. The summed E-state index contributed by atoms with van der Waals surface area (Å²) in [4.78, 5) is 16.7. The molecule has 5 saturated heterocycles. The largest absolute Gasteiger partial charge is 0.459 e. The van der Waals surface area contributed by atoms with Gasteiger partial charge in [0.15, 0.2) is 12.6 Å². The van der Waals surface area contributed by atoms with Crippen LogP contribution in [0.3, 0.4) is 0 Å². The number of carbonyl (C=O) groups excluding carboxylic acids is 1. The molecule has 13 nitrogen and oxygen atoms in total. The van der Waals surface area contributed by atoms with Gasteiger partial charge in [-0.1, -0.05) is 34.1 Å². The molecule has 0 aliphatic carbocycles. The van der Waals surface area contributed by atoms with E-state index in [0.717, 1.165) is 25.9 Å². The molecule has 0 aromatic carbocycles. The smallest absolute Gasteiger partial charge is 0.311 e. The normalized spacial score (nSPS) is 49.4. The highest BCUT2D eigenvalue weighted by atomic mass is 16.7. The van der Waals surface area contributed by atoms with Gasteiger partial charge in [-0.2, -0.15) is 0 Å². The number of nitrogens with zero attached hydrogens (tertiary/aromatic N) is 1. The number of hydrogen-bond acceptors (Lipinski definition) is 13. The van der Waals surface area contributed by atoms with Gasteiger partial charge in [-0.25, -0.2) is 0 Å². The summed E-state index contributed by atoms with van der Waals surface area (Å²) in [7, 11) is 1.54. The number of rotatable bonds is 9. The standard InChI is InChI=1S/C40H71NO12/c1-12-28(42)40(10,46)35-23(4)31-21(2)19-39(9,53-31)34(52-37-30(43)27(18-22(3)48-37)41-16-14-13-15-17-41)24(5)32(25(6)36(45)51-35)50-29-20-38(8,47-11)33(44)26(7)49-29/h21-35,37,42-44,46H,12-20H2,1-11H3/t21?,22?,23-,24-,25+,26?,27?,28+,29-,30?,31?,32-,33-,34+,35+,37-,38?,39?,40+/m0/s1. The van der Waals surface area contributed by atoms with Gasteiger partial charge in [0.25, 0.3) is 0 Å². The van der Waals surface area contributed by atoms with Gasteiger partial charge in [-0.15, -0.1) is 0 Å². The summed E-state index contributed by atoms with van der Waals surface area (Å²) in [5.74, 6) is -2.64. The summed E-state index contributed by atoms with van der Waals surface area (Å²) in [5.41, 5.74) is -3.71. The summed E-state index contributed by atoms with van der Waals surface area (Å²) in [5, 5.41) is 45.8. The zero-order valence-electron chi connectivity index (χ0n) is 34.1. The Kier molecular flexibility index (Phi) is 13.7. The van der Waals surface area contributed by atoms with Crippen LogP contribution in [0, 0.1) is 23.7 Å². The van der Waals surface area contributed by atoms with E-state index in [4.69, 9.17) is 33.2 Å². The third-order valence-electron chi connectivity index (χ3n) is 13.6. The minimum atomic E-state index is -1.78. The molecule has 0 amide bonds. The maximum Gasteiger partial charge on any atom is 0.311 e. The number of aliphatic hydroxyl groups excluding tert-OH is 3. The van der Waals surface area contributed by atoms with Crippen molar-refractivity contribution in [3.05, 3.63) is 0 Å². The monoisotopic (exact) mass is 757 g/mol. The van der Waals surface area contributed by atoms with Crippen LogP contribution in [-0.4, -0.2) is 142 Å². The first-order valence-electron chi connectivity index (χ1n) is 20.3. The van der Waals surface area contributed by atoms with E-state index < -0.39 is 102 Å². The van der Waals surface area contributed by atoms with Crippen LogP contribution in [0.2, 0.25) is 0 Å². The van der Waals surface area contributed by atoms with Crippen LogP contribution in [0.4, 0.5) is 0 Å². The molecule has 0 aromatic heterocycles. The van der Waals surface area contributed by atoms with E-state index in [9.17, 15) is 25.2 Å². The molecule has 5 aliphatic rings. The lowest BCUT2D eigenvalue weighted by Crippen LogP contribution is -2.61. The summed E-state index contributed by atoms with van der Waals surface area (Å²) in [6.07, 6.45) is -3.78. The number of likely N-dealkylation sites (tertiary alicyclic amines) is 1.